The molecule has 1 aliphatic heterocycles. The summed E-state index contributed by atoms with van der Waals surface area (Å²) < 4.78 is 5.14. The van der Waals surface area contributed by atoms with Crippen LogP contribution in [0.5, 0.6) is 0 Å². The summed E-state index contributed by atoms with van der Waals surface area (Å²) in [6, 6.07) is 16.4. The van der Waals surface area contributed by atoms with Crippen LogP contribution in [0.1, 0.15) is 44.6 Å². The van der Waals surface area contributed by atoms with Crippen molar-refractivity contribution in [1.82, 2.24) is 0 Å². The number of hydrazone groups is 1. The highest BCUT2D eigenvalue weighted by atomic mass is 16.5. The Hall–Kier alpha value is -3.48. The molecule has 1 heterocycles. The van der Waals surface area contributed by atoms with E-state index in [0.29, 0.717) is 17.3 Å². The largest absolute Gasteiger partial charge is 0.451 e. The number of hydrogen-bond donors (Lipinski definition) is 1. The lowest BCUT2D eigenvalue weighted by Crippen LogP contribution is -2.35. The number of hydrogen-bond acceptors (Lipinski definition) is 5. The van der Waals surface area contributed by atoms with Crippen molar-refractivity contribution < 1.29 is 19.1 Å². The molecular weight excluding hydrogens is 382 g/mol. The molecule has 7 nitrogen and oxygen atoms in total. The summed E-state index contributed by atoms with van der Waals surface area (Å²) in [7, 11) is 0. The first-order valence-corrected chi connectivity index (χ1v) is 10.0. The van der Waals surface area contributed by atoms with Gasteiger partial charge in [0, 0.05) is 18.5 Å². The Kier molecular flexibility index (Phi) is 6.95. The molecular formula is C23H25N3O4. The van der Waals surface area contributed by atoms with E-state index in [4.69, 9.17) is 4.74 Å². The van der Waals surface area contributed by atoms with Crippen LogP contribution < -0.4 is 10.3 Å². The zero-order valence-corrected chi connectivity index (χ0v) is 17.1. The molecule has 156 valence electrons. The number of amides is 2. The van der Waals surface area contributed by atoms with E-state index in [9.17, 15) is 14.4 Å². The third kappa shape index (κ3) is 5.11. The number of carbonyl (C=O) groups excluding carboxylic acids is 3. The maximum atomic E-state index is 12.4. The quantitative estimate of drug-likeness (QED) is 0.706. The normalized spacial score (nSPS) is 14.7. The van der Waals surface area contributed by atoms with Crippen LogP contribution in [0.4, 0.5) is 11.4 Å². The van der Waals surface area contributed by atoms with Gasteiger partial charge >= 0.3 is 5.97 Å². The van der Waals surface area contributed by atoms with E-state index in [1.54, 1.807) is 24.3 Å². The third-order valence-electron chi connectivity index (χ3n) is 4.98. The first kappa shape index (κ1) is 21.2. The highest BCUT2D eigenvalue weighted by Crippen LogP contribution is 2.26. The lowest BCUT2D eigenvalue weighted by Gasteiger charge is -2.22. The van der Waals surface area contributed by atoms with Crippen molar-refractivity contribution in [3.05, 3.63) is 60.2 Å². The number of nitrogens with one attached hydrogen (secondary N) is 1. The number of anilines is 2. The molecule has 0 aromatic heterocycles. The summed E-state index contributed by atoms with van der Waals surface area (Å²) in [6.45, 7) is 3.75. The van der Waals surface area contributed by atoms with E-state index < -0.39 is 18.5 Å². The van der Waals surface area contributed by atoms with Crippen molar-refractivity contribution in [2.45, 2.75) is 39.0 Å². The van der Waals surface area contributed by atoms with Gasteiger partial charge in [0.25, 0.3) is 5.91 Å². The van der Waals surface area contributed by atoms with Gasteiger partial charge in [0.15, 0.2) is 6.61 Å². The number of para-hydroxylation sites is 2. The summed E-state index contributed by atoms with van der Waals surface area (Å²) in [5, 5.41) is 8.14. The second-order valence-corrected chi connectivity index (χ2v) is 7.11. The number of carbonyl (C=O) groups is 3. The molecule has 2 aromatic rings. The van der Waals surface area contributed by atoms with Crippen LogP contribution in [0.25, 0.3) is 0 Å². The molecule has 2 aromatic carbocycles. The Morgan fingerprint density at radius 3 is 2.53 bits per heavy atom. The van der Waals surface area contributed by atoms with Gasteiger partial charge in [0.1, 0.15) is 5.71 Å². The molecule has 1 atom stereocenters. The summed E-state index contributed by atoms with van der Waals surface area (Å²) in [6.07, 6.45) is 1.27. The molecule has 1 aliphatic rings. The zero-order valence-electron chi connectivity index (χ0n) is 17.1. The average Bonchev–Trinajstić information content (AvgIpc) is 2.78. The number of nitrogens with zero attached hydrogens (tertiary/aromatic N) is 2. The lowest BCUT2D eigenvalue weighted by atomic mass is 9.97. The number of esters is 1. The van der Waals surface area contributed by atoms with E-state index in [1.165, 1.54) is 5.01 Å². The van der Waals surface area contributed by atoms with Gasteiger partial charge < -0.3 is 10.1 Å². The van der Waals surface area contributed by atoms with Gasteiger partial charge in [-0.05, 0) is 36.1 Å². The molecule has 7 heteroatoms. The fraction of sp³-hybridized carbons (Fsp3) is 0.304. The fourth-order valence-corrected chi connectivity index (χ4v) is 3.13. The van der Waals surface area contributed by atoms with Gasteiger partial charge in [-0.2, -0.15) is 5.10 Å². The van der Waals surface area contributed by atoms with Gasteiger partial charge in [-0.15, -0.1) is 0 Å². The van der Waals surface area contributed by atoms with Crippen LogP contribution in [0.2, 0.25) is 0 Å². The first-order valence-electron chi connectivity index (χ1n) is 10.0. The molecule has 0 saturated carbocycles. The van der Waals surface area contributed by atoms with E-state index in [-0.39, 0.29) is 24.5 Å². The minimum Gasteiger partial charge on any atom is -0.451 e. The van der Waals surface area contributed by atoms with Crippen LogP contribution in [-0.2, 0) is 19.1 Å². The van der Waals surface area contributed by atoms with E-state index >= 15 is 0 Å². The van der Waals surface area contributed by atoms with Crippen LogP contribution >= 0.6 is 0 Å². The Bertz CT molecular complexity index is 956. The molecule has 0 radical (unpaired) electrons. The zero-order chi connectivity index (χ0) is 21.5. The molecule has 0 saturated heterocycles. The van der Waals surface area contributed by atoms with Crippen LogP contribution in [-0.4, -0.2) is 30.1 Å². The van der Waals surface area contributed by atoms with Crippen molar-refractivity contribution in [3.8, 4) is 0 Å². The highest BCUT2D eigenvalue weighted by Gasteiger charge is 2.26. The third-order valence-corrected chi connectivity index (χ3v) is 4.98. The van der Waals surface area contributed by atoms with Crippen molar-refractivity contribution in [3.63, 3.8) is 0 Å². The van der Waals surface area contributed by atoms with Gasteiger partial charge in [-0.1, -0.05) is 50.2 Å². The van der Waals surface area contributed by atoms with Crippen LogP contribution in [0.15, 0.2) is 59.7 Å². The summed E-state index contributed by atoms with van der Waals surface area (Å²) in [5.41, 5.74) is 2.44. The second-order valence-electron chi connectivity index (χ2n) is 7.11. The lowest BCUT2D eigenvalue weighted by molar-refractivity contribution is -0.140. The maximum absolute atomic E-state index is 12.4. The van der Waals surface area contributed by atoms with Crippen molar-refractivity contribution in [2.75, 3.05) is 16.9 Å². The molecule has 2 amide bonds. The molecule has 0 spiro atoms. The van der Waals surface area contributed by atoms with Gasteiger partial charge in [0.05, 0.1) is 5.69 Å². The van der Waals surface area contributed by atoms with Crippen molar-refractivity contribution >= 4 is 34.9 Å². The van der Waals surface area contributed by atoms with Crippen molar-refractivity contribution in [1.29, 1.82) is 0 Å². The topological polar surface area (TPSA) is 88.1 Å². The highest BCUT2D eigenvalue weighted by molar-refractivity contribution is 6.38. The Morgan fingerprint density at radius 1 is 1.10 bits per heavy atom. The standard InChI is InChI=1S/C23H25N3O4/c1-3-16(2)18-11-7-8-12-19(18)24-21(27)15-30-23(29)20-13-14-22(28)26(25-20)17-9-5-4-6-10-17/h4-12,16H,3,13-15H2,1-2H3,(H,24,27). The molecule has 3 rings (SSSR count). The van der Waals surface area contributed by atoms with Gasteiger partial charge in [0.2, 0.25) is 5.91 Å². The molecule has 0 fully saturated rings. The SMILES string of the molecule is CCC(C)c1ccccc1NC(=O)COC(=O)C1=NN(c2ccccc2)C(=O)CC1. The molecule has 1 unspecified atom stereocenters. The molecule has 0 aliphatic carbocycles. The van der Waals surface area contributed by atoms with Crippen molar-refractivity contribution in [2.24, 2.45) is 5.10 Å². The van der Waals surface area contributed by atoms with Gasteiger partial charge in [-0.25, -0.2) is 9.80 Å². The average molecular weight is 407 g/mol. The van der Waals surface area contributed by atoms with E-state index in [0.717, 1.165) is 12.0 Å². The Morgan fingerprint density at radius 2 is 1.80 bits per heavy atom. The molecule has 30 heavy (non-hydrogen) atoms. The predicted octanol–water partition coefficient (Wildman–Crippen LogP) is 3.86. The van der Waals surface area contributed by atoms with Crippen LogP contribution in [0, 0.1) is 0 Å². The minimum atomic E-state index is -0.700. The first-order chi connectivity index (χ1) is 14.5. The summed E-state index contributed by atoms with van der Waals surface area (Å²) in [4.78, 5) is 36.8. The number of rotatable bonds is 7. The fourth-order valence-electron chi connectivity index (χ4n) is 3.13. The number of benzene rings is 2. The Balaban J connectivity index is 1.62. The molecule has 1 N–H and O–H groups in total. The van der Waals surface area contributed by atoms with E-state index in [2.05, 4.69) is 24.3 Å². The Labute approximate surface area is 175 Å². The molecule has 0 bridgehead atoms. The van der Waals surface area contributed by atoms with Gasteiger partial charge in [-0.3, -0.25) is 9.59 Å². The second kappa shape index (κ2) is 9.82. The summed E-state index contributed by atoms with van der Waals surface area (Å²) >= 11 is 0. The van der Waals surface area contributed by atoms with Crippen LogP contribution in [0.3, 0.4) is 0 Å². The number of ether oxygens (including phenoxy) is 1. The van der Waals surface area contributed by atoms with E-state index in [1.807, 2.05) is 30.3 Å². The minimum absolute atomic E-state index is 0.117. The smallest absolute Gasteiger partial charge is 0.355 e. The monoisotopic (exact) mass is 407 g/mol. The summed E-state index contributed by atoms with van der Waals surface area (Å²) in [5.74, 6) is -1.03. The predicted molar refractivity (Wildman–Crippen MR) is 115 cm³/mol. The maximum Gasteiger partial charge on any atom is 0.355 e.